The van der Waals surface area contributed by atoms with E-state index in [9.17, 15) is 0 Å². The molecule has 1 aliphatic rings. The third-order valence-electron chi connectivity index (χ3n) is 3.96. The first kappa shape index (κ1) is 15.5. The minimum Gasteiger partial charge on any atom is -0.379 e. The van der Waals surface area contributed by atoms with Crippen LogP contribution in [0.5, 0.6) is 0 Å². The minimum absolute atomic E-state index is 0.755. The van der Waals surface area contributed by atoms with Gasteiger partial charge >= 0.3 is 0 Å². The van der Waals surface area contributed by atoms with Gasteiger partial charge in [-0.1, -0.05) is 29.8 Å². The monoisotopic (exact) mass is 316 g/mol. The number of rotatable bonds is 5. The summed E-state index contributed by atoms with van der Waals surface area (Å²) in [6.45, 7) is 4.96. The van der Waals surface area contributed by atoms with Crippen LogP contribution >= 0.6 is 11.6 Å². The van der Waals surface area contributed by atoms with Crippen LogP contribution in [0.3, 0.4) is 0 Å². The van der Waals surface area contributed by atoms with Crippen molar-refractivity contribution in [1.82, 2.24) is 9.88 Å². The molecule has 3 rings (SSSR count). The Kier molecular flexibility index (Phi) is 5.43. The van der Waals surface area contributed by atoms with E-state index < -0.39 is 0 Å². The number of pyridine rings is 1. The molecular formula is C18H21ClN2O. The number of aromatic nitrogens is 1. The molecule has 1 aromatic carbocycles. The SMILES string of the molecule is Clc1ccc(-c2cccc(CCCN3CCOCC3)n2)cc1. The molecule has 0 aliphatic carbocycles. The molecule has 116 valence electrons. The number of nitrogens with zero attached hydrogens (tertiary/aromatic N) is 2. The second kappa shape index (κ2) is 7.73. The molecule has 0 amide bonds. The molecule has 4 heteroatoms. The summed E-state index contributed by atoms with van der Waals surface area (Å²) in [5, 5.41) is 0.755. The number of benzene rings is 1. The van der Waals surface area contributed by atoms with Gasteiger partial charge in [-0.05, 0) is 43.7 Å². The number of hydrogen-bond acceptors (Lipinski definition) is 3. The largest absolute Gasteiger partial charge is 0.379 e. The molecule has 0 bridgehead atoms. The van der Waals surface area contributed by atoms with E-state index in [1.165, 1.54) is 0 Å². The average Bonchev–Trinajstić information content (AvgIpc) is 2.57. The van der Waals surface area contributed by atoms with Crippen molar-refractivity contribution in [2.45, 2.75) is 12.8 Å². The maximum Gasteiger partial charge on any atom is 0.0705 e. The third kappa shape index (κ3) is 4.29. The van der Waals surface area contributed by atoms with E-state index in [0.29, 0.717) is 0 Å². The Morgan fingerprint density at radius 3 is 2.59 bits per heavy atom. The Hall–Kier alpha value is -1.42. The van der Waals surface area contributed by atoms with Gasteiger partial charge in [0.1, 0.15) is 0 Å². The van der Waals surface area contributed by atoms with Crippen LogP contribution in [0, 0.1) is 0 Å². The summed E-state index contributed by atoms with van der Waals surface area (Å²) >= 11 is 5.94. The number of halogens is 1. The maximum absolute atomic E-state index is 5.94. The predicted octanol–water partition coefficient (Wildman–Crippen LogP) is 3.67. The molecule has 1 aromatic heterocycles. The molecule has 0 unspecified atom stereocenters. The summed E-state index contributed by atoms with van der Waals surface area (Å²) in [5.74, 6) is 0. The lowest BCUT2D eigenvalue weighted by Crippen LogP contribution is -2.36. The van der Waals surface area contributed by atoms with Gasteiger partial charge in [-0.25, -0.2) is 0 Å². The van der Waals surface area contributed by atoms with Crippen molar-refractivity contribution in [1.29, 1.82) is 0 Å². The van der Waals surface area contributed by atoms with Gasteiger partial charge < -0.3 is 4.74 Å². The molecule has 1 saturated heterocycles. The van der Waals surface area contributed by atoms with Gasteiger partial charge in [0.2, 0.25) is 0 Å². The predicted molar refractivity (Wildman–Crippen MR) is 90.3 cm³/mol. The molecule has 0 atom stereocenters. The van der Waals surface area contributed by atoms with Crippen molar-refractivity contribution in [2.75, 3.05) is 32.8 Å². The van der Waals surface area contributed by atoms with Crippen LogP contribution in [-0.4, -0.2) is 42.7 Å². The zero-order chi connectivity index (χ0) is 15.2. The maximum atomic E-state index is 5.94. The second-order valence-corrected chi connectivity index (χ2v) is 6.02. The fourth-order valence-electron chi connectivity index (χ4n) is 2.71. The Morgan fingerprint density at radius 2 is 1.82 bits per heavy atom. The van der Waals surface area contributed by atoms with Crippen LogP contribution in [0.4, 0.5) is 0 Å². The van der Waals surface area contributed by atoms with Gasteiger partial charge in [-0.3, -0.25) is 9.88 Å². The molecule has 0 radical (unpaired) electrons. The highest BCUT2D eigenvalue weighted by Gasteiger charge is 2.09. The van der Waals surface area contributed by atoms with E-state index in [-0.39, 0.29) is 0 Å². The standard InChI is InChI=1S/C18H21ClN2O/c19-16-8-6-15(7-9-16)18-5-1-3-17(20-18)4-2-10-21-11-13-22-14-12-21/h1,3,5-9H,2,4,10-14H2. The van der Waals surface area contributed by atoms with Crippen LogP contribution in [0.25, 0.3) is 11.3 Å². The van der Waals surface area contributed by atoms with E-state index in [1.54, 1.807) is 0 Å². The van der Waals surface area contributed by atoms with Crippen LogP contribution < -0.4 is 0 Å². The van der Waals surface area contributed by atoms with Crippen molar-refractivity contribution >= 4 is 11.6 Å². The van der Waals surface area contributed by atoms with Crippen LogP contribution in [0.15, 0.2) is 42.5 Å². The van der Waals surface area contributed by atoms with Gasteiger partial charge in [0, 0.05) is 29.4 Å². The highest BCUT2D eigenvalue weighted by molar-refractivity contribution is 6.30. The number of aryl methyl sites for hydroxylation is 1. The fourth-order valence-corrected chi connectivity index (χ4v) is 2.83. The first-order chi connectivity index (χ1) is 10.8. The van der Waals surface area contributed by atoms with Gasteiger partial charge in [0.15, 0.2) is 0 Å². The van der Waals surface area contributed by atoms with Crippen molar-refractivity contribution in [3.05, 3.63) is 53.2 Å². The van der Waals surface area contributed by atoms with Crippen LogP contribution in [0.1, 0.15) is 12.1 Å². The quantitative estimate of drug-likeness (QED) is 0.841. The lowest BCUT2D eigenvalue weighted by Gasteiger charge is -2.26. The van der Waals surface area contributed by atoms with E-state index in [4.69, 9.17) is 21.3 Å². The lowest BCUT2D eigenvalue weighted by atomic mass is 10.1. The molecule has 0 saturated carbocycles. The Balaban J connectivity index is 1.57. The summed E-state index contributed by atoms with van der Waals surface area (Å²) in [6.07, 6.45) is 2.15. The van der Waals surface area contributed by atoms with Gasteiger partial charge in [0.05, 0.1) is 18.9 Å². The van der Waals surface area contributed by atoms with Crippen molar-refractivity contribution < 1.29 is 4.74 Å². The molecule has 0 spiro atoms. The molecule has 1 aliphatic heterocycles. The van der Waals surface area contributed by atoms with E-state index >= 15 is 0 Å². The lowest BCUT2D eigenvalue weighted by molar-refractivity contribution is 0.0374. The highest BCUT2D eigenvalue weighted by atomic mass is 35.5. The van der Waals surface area contributed by atoms with Crippen LogP contribution in [0.2, 0.25) is 5.02 Å². The number of hydrogen-bond donors (Lipinski definition) is 0. The van der Waals surface area contributed by atoms with E-state index in [0.717, 1.165) is 67.7 Å². The van der Waals surface area contributed by atoms with Crippen LogP contribution in [-0.2, 0) is 11.2 Å². The third-order valence-corrected chi connectivity index (χ3v) is 4.21. The highest BCUT2D eigenvalue weighted by Crippen LogP contribution is 2.20. The number of morpholine rings is 1. The number of ether oxygens (including phenoxy) is 1. The van der Waals surface area contributed by atoms with Crippen molar-refractivity contribution in [2.24, 2.45) is 0 Å². The Morgan fingerprint density at radius 1 is 1.05 bits per heavy atom. The minimum atomic E-state index is 0.755. The molecule has 22 heavy (non-hydrogen) atoms. The first-order valence-electron chi connectivity index (χ1n) is 7.83. The van der Waals surface area contributed by atoms with Gasteiger partial charge in [-0.15, -0.1) is 0 Å². The summed E-state index contributed by atoms with van der Waals surface area (Å²) in [6, 6.07) is 14.1. The van der Waals surface area contributed by atoms with Crippen molar-refractivity contribution in [3.8, 4) is 11.3 Å². The Labute approximate surface area is 136 Å². The summed E-state index contributed by atoms with van der Waals surface area (Å²) in [7, 11) is 0. The summed E-state index contributed by atoms with van der Waals surface area (Å²) in [4.78, 5) is 7.23. The normalized spacial score (nSPS) is 15.9. The summed E-state index contributed by atoms with van der Waals surface area (Å²) in [5.41, 5.74) is 3.28. The zero-order valence-corrected chi connectivity index (χ0v) is 13.4. The van der Waals surface area contributed by atoms with Crippen molar-refractivity contribution in [3.63, 3.8) is 0 Å². The summed E-state index contributed by atoms with van der Waals surface area (Å²) < 4.78 is 5.37. The van der Waals surface area contributed by atoms with E-state index in [1.807, 2.05) is 24.3 Å². The first-order valence-corrected chi connectivity index (χ1v) is 8.21. The van der Waals surface area contributed by atoms with Gasteiger partial charge in [0.25, 0.3) is 0 Å². The molecule has 2 heterocycles. The molecule has 0 N–H and O–H groups in total. The van der Waals surface area contributed by atoms with Gasteiger partial charge in [-0.2, -0.15) is 0 Å². The smallest absolute Gasteiger partial charge is 0.0705 e. The second-order valence-electron chi connectivity index (χ2n) is 5.58. The molecule has 1 fully saturated rings. The zero-order valence-electron chi connectivity index (χ0n) is 12.7. The molecular weight excluding hydrogens is 296 g/mol. The Bertz CT molecular complexity index is 594. The molecule has 3 nitrogen and oxygen atoms in total. The fraction of sp³-hybridized carbons (Fsp3) is 0.389. The average molecular weight is 317 g/mol. The van der Waals surface area contributed by atoms with E-state index in [2.05, 4.69) is 23.1 Å². The topological polar surface area (TPSA) is 25.4 Å². The molecule has 2 aromatic rings.